The van der Waals surface area contributed by atoms with Gasteiger partial charge in [-0.05, 0) is 32.6 Å². The van der Waals surface area contributed by atoms with Crippen molar-refractivity contribution >= 4 is 11.9 Å². The Morgan fingerprint density at radius 3 is 2.33 bits per heavy atom. The van der Waals surface area contributed by atoms with E-state index in [1.54, 1.807) is 6.92 Å². The number of alkyl halides is 2. The van der Waals surface area contributed by atoms with Crippen LogP contribution in [0.2, 0.25) is 0 Å². The Morgan fingerprint density at radius 2 is 1.94 bits per heavy atom. The van der Waals surface area contributed by atoms with Crippen LogP contribution in [-0.4, -0.2) is 42.4 Å². The van der Waals surface area contributed by atoms with Crippen molar-refractivity contribution in [3.63, 3.8) is 0 Å². The van der Waals surface area contributed by atoms with Gasteiger partial charge in [-0.15, -0.1) is 0 Å². The van der Waals surface area contributed by atoms with E-state index in [-0.39, 0.29) is 19.1 Å². The van der Waals surface area contributed by atoms with Gasteiger partial charge in [0.1, 0.15) is 0 Å². The van der Waals surface area contributed by atoms with E-state index >= 15 is 0 Å². The van der Waals surface area contributed by atoms with Gasteiger partial charge in [0.15, 0.2) is 0 Å². The molecule has 4 nitrogen and oxygen atoms in total. The van der Waals surface area contributed by atoms with Gasteiger partial charge < -0.3 is 9.64 Å². The van der Waals surface area contributed by atoms with Crippen LogP contribution in [0.5, 0.6) is 0 Å². The van der Waals surface area contributed by atoms with Gasteiger partial charge in [-0.1, -0.05) is 6.42 Å². The molecule has 1 aliphatic carbocycles. The van der Waals surface area contributed by atoms with Crippen LogP contribution < -0.4 is 0 Å². The van der Waals surface area contributed by atoms with Gasteiger partial charge in [0.05, 0.1) is 6.61 Å². The van der Waals surface area contributed by atoms with Crippen LogP contribution in [0.1, 0.15) is 33.1 Å². The molecule has 1 amide bonds. The number of nitrogens with zero attached hydrogens (tertiary/aromatic N) is 1. The second-order valence-corrected chi connectivity index (χ2v) is 4.44. The SMILES string of the molecule is CCOC(=O)C(F)(F)C(=O)N(CC)CC1CCC1. The fourth-order valence-electron chi connectivity index (χ4n) is 1.85. The standard InChI is InChI=1S/C12H19F2NO3/c1-3-15(8-9-6-5-7-9)10(16)12(13,14)11(17)18-4-2/h9H,3-8H2,1-2H3. The first-order valence-electron chi connectivity index (χ1n) is 6.27. The topological polar surface area (TPSA) is 46.6 Å². The summed E-state index contributed by atoms with van der Waals surface area (Å²) in [7, 11) is 0. The molecule has 0 aromatic heterocycles. The van der Waals surface area contributed by atoms with Gasteiger partial charge in [0.2, 0.25) is 0 Å². The van der Waals surface area contributed by atoms with Crippen molar-refractivity contribution in [1.82, 2.24) is 4.90 Å². The van der Waals surface area contributed by atoms with Gasteiger partial charge in [-0.2, -0.15) is 8.78 Å². The molecule has 0 saturated heterocycles. The Kier molecular flexibility index (Phi) is 5.04. The van der Waals surface area contributed by atoms with E-state index < -0.39 is 17.8 Å². The Bertz CT molecular complexity index is 316. The molecule has 0 atom stereocenters. The maximum absolute atomic E-state index is 13.5. The molecule has 0 bridgehead atoms. The van der Waals surface area contributed by atoms with Crippen LogP contribution in [0.25, 0.3) is 0 Å². The summed E-state index contributed by atoms with van der Waals surface area (Å²) in [6, 6.07) is 0. The van der Waals surface area contributed by atoms with Gasteiger partial charge >= 0.3 is 17.8 Å². The zero-order valence-electron chi connectivity index (χ0n) is 10.7. The number of ether oxygens (including phenoxy) is 1. The molecule has 104 valence electrons. The minimum atomic E-state index is -4.07. The highest BCUT2D eigenvalue weighted by molar-refractivity contribution is 6.04. The lowest BCUT2D eigenvalue weighted by Crippen LogP contribution is -2.50. The first-order chi connectivity index (χ1) is 8.43. The Morgan fingerprint density at radius 1 is 1.33 bits per heavy atom. The van der Waals surface area contributed by atoms with E-state index in [0.29, 0.717) is 6.54 Å². The average molecular weight is 263 g/mol. The van der Waals surface area contributed by atoms with E-state index in [4.69, 9.17) is 0 Å². The zero-order chi connectivity index (χ0) is 13.8. The van der Waals surface area contributed by atoms with Crippen LogP contribution in [0.4, 0.5) is 8.78 Å². The number of hydrogen-bond donors (Lipinski definition) is 0. The lowest BCUT2D eigenvalue weighted by molar-refractivity contribution is -0.183. The molecule has 6 heteroatoms. The third kappa shape index (κ3) is 3.17. The number of hydrogen-bond acceptors (Lipinski definition) is 3. The summed E-state index contributed by atoms with van der Waals surface area (Å²) in [6.07, 6.45) is 2.98. The third-order valence-corrected chi connectivity index (χ3v) is 3.17. The third-order valence-electron chi connectivity index (χ3n) is 3.17. The van der Waals surface area contributed by atoms with Crippen LogP contribution in [0.15, 0.2) is 0 Å². The first kappa shape index (κ1) is 14.9. The smallest absolute Gasteiger partial charge is 0.419 e. The normalized spacial score (nSPS) is 16.0. The maximum atomic E-state index is 13.5. The van der Waals surface area contributed by atoms with Gasteiger partial charge in [0, 0.05) is 13.1 Å². The summed E-state index contributed by atoms with van der Waals surface area (Å²) in [6.45, 7) is 3.34. The van der Waals surface area contributed by atoms with Crippen LogP contribution in [0.3, 0.4) is 0 Å². The number of amides is 1. The van der Waals surface area contributed by atoms with E-state index in [9.17, 15) is 18.4 Å². The molecular weight excluding hydrogens is 244 g/mol. The number of halogens is 2. The summed E-state index contributed by atoms with van der Waals surface area (Å²) in [5.41, 5.74) is 0. The lowest BCUT2D eigenvalue weighted by atomic mass is 9.85. The highest BCUT2D eigenvalue weighted by Crippen LogP contribution is 2.28. The second-order valence-electron chi connectivity index (χ2n) is 4.44. The van der Waals surface area contributed by atoms with Crippen molar-refractivity contribution in [3.05, 3.63) is 0 Å². The summed E-state index contributed by atoms with van der Waals surface area (Å²) >= 11 is 0. The summed E-state index contributed by atoms with van der Waals surface area (Å²) in [5, 5.41) is 0. The molecule has 0 heterocycles. The lowest BCUT2D eigenvalue weighted by Gasteiger charge is -2.32. The average Bonchev–Trinajstić information content (AvgIpc) is 2.27. The summed E-state index contributed by atoms with van der Waals surface area (Å²) < 4.78 is 31.3. The van der Waals surface area contributed by atoms with E-state index in [1.807, 2.05) is 0 Å². The summed E-state index contributed by atoms with van der Waals surface area (Å²) in [4.78, 5) is 23.8. The molecule has 0 radical (unpaired) electrons. The second kappa shape index (κ2) is 6.11. The Balaban J connectivity index is 2.65. The molecule has 1 saturated carbocycles. The molecule has 1 rings (SSSR count). The van der Waals surface area contributed by atoms with Crippen LogP contribution in [0, 0.1) is 5.92 Å². The van der Waals surface area contributed by atoms with E-state index in [0.717, 1.165) is 24.2 Å². The Hall–Kier alpha value is -1.20. The molecule has 1 fully saturated rings. The van der Waals surface area contributed by atoms with Crippen molar-refractivity contribution in [2.24, 2.45) is 5.92 Å². The largest absolute Gasteiger partial charge is 0.461 e. The molecule has 0 aromatic rings. The van der Waals surface area contributed by atoms with Crippen LogP contribution in [-0.2, 0) is 14.3 Å². The summed E-state index contributed by atoms with van der Waals surface area (Å²) in [5.74, 6) is -7.00. The van der Waals surface area contributed by atoms with Crippen molar-refractivity contribution in [1.29, 1.82) is 0 Å². The van der Waals surface area contributed by atoms with Crippen molar-refractivity contribution in [2.45, 2.75) is 39.0 Å². The van der Waals surface area contributed by atoms with E-state index in [1.165, 1.54) is 6.92 Å². The molecule has 0 N–H and O–H groups in total. The van der Waals surface area contributed by atoms with E-state index in [2.05, 4.69) is 4.74 Å². The number of carbonyl (C=O) groups excluding carboxylic acids is 2. The monoisotopic (exact) mass is 263 g/mol. The fourth-order valence-corrected chi connectivity index (χ4v) is 1.85. The highest BCUT2D eigenvalue weighted by Gasteiger charge is 2.51. The first-order valence-corrected chi connectivity index (χ1v) is 6.27. The molecule has 1 aliphatic rings. The van der Waals surface area contributed by atoms with Crippen LogP contribution >= 0.6 is 0 Å². The highest BCUT2D eigenvalue weighted by atomic mass is 19.3. The molecule has 0 spiro atoms. The predicted molar refractivity (Wildman–Crippen MR) is 61.2 cm³/mol. The maximum Gasteiger partial charge on any atom is 0.419 e. The van der Waals surface area contributed by atoms with Crippen molar-refractivity contribution in [3.8, 4) is 0 Å². The molecule has 0 unspecified atom stereocenters. The minimum absolute atomic E-state index is 0.170. The minimum Gasteiger partial charge on any atom is -0.461 e. The predicted octanol–water partition coefficient (Wildman–Crippen LogP) is 1.83. The quantitative estimate of drug-likeness (QED) is 0.542. The molecule has 0 aliphatic heterocycles. The number of carbonyl (C=O) groups is 2. The van der Waals surface area contributed by atoms with Gasteiger partial charge in [-0.3, -0.25) is 4.79 Å². The van der Waals surface area contributed by atoms with Crippen molar-refractivity contribution < 1.29 is 23.1 Å². The van der Waals surface area contributed by atoms with Gasteiger partial charge in [0.25, 0.3) is 0 Å². The fraction of sp³-hybridized carbons (Fsp3) is 0.833. The zero-order valence-corrected chi connectivity index (χ0v) is 10.7. The molecular formula is C12H19F2NO3. The van der Waals surface area contributed by atoms with Crippen molar-refractivity contribution in [2.75, 3.05) is 19.7 Å². The number of rotatable bonds is 6. The Labute approximate surface area is 105 Å². The number of esters is 1. The molecule has 0 aromatic carbocycles. The molecule has 18 heavy (non-hydrogen) atoms. The van der Waals surface area contributed by atoms with Gasteiger partial charge in [-0.25, -0.2) is 4.79 Å².